The molecular weight excluding hydrogens is 1670 g/mol. The molecule has 25 nitrogen and oxygen atoms in total. The normalized spacial score (nSPS) is 18.1. The van der Waals surface area contributed by atoms with Gasteiger partial charge >= 0.3 is 24.7 Å². The monoisotopic (exact) mass is 1770 g/mol. The number of halogens is 12. The van der Waals surface area contributed by atoms with E-state index < -0.39 is 72.3 Å². The van der Waals surface area contributed by atoms with E-state index in [-0.39, 0.29) is 114 Å². The van der Waals surface area contributed by atoms with Crippen molar-refractivity contribution >= 4 is 49.6 Å². The molecule has 0 unspecified atom stereocenters. The molecular formula is C84H98F12N16O9S2. The maximum Gasteiger partial charge on any atom is 0.416 e. The van der Waals surface area contributed by atoms with E-state index in [1.54, 1.807) is 75.6 Å². The summed E-state index contributed by atoms with van der Waals surface area (Å²) in [5.41, 5.74) is 5.70. The number of hydrogen-bond donors (Lipinski definition) is 4. The van der Waals surface area contributed by atoms with Crippen LogP contribution in [0, 0.1) is 5.92 Å². The molecule has 4 N–H and O–H groups in total. The number of likely N-dealkylation sites (tertiary alicyclic amines) is 4. The minimum atomic E-state index is -4.42. The molecule has 0 aliphatic carbocycles. The van der Waals surface area contributed by atoms with Gasteiger partial charge in [-0.25, -0.2) is 16.8 Å². The summed E-state index contributed by atoms with van der Waals surface area (Å²) in [6.45, 7) is 18.2. The second kappa shape index (κ2) is 36.3. The Bertz CT molecular complexity index is 5420. The molecule has 4 saturated heterocycles. The number of rotatable bonds is 14. The van der Waals surface area contributed by atoms with Gasteiger partial charge in [0, 0.05) is 113 Å². The van der Waals surface area contributed by atoms with E-state index in [0.29, 0.717) is 174 Å². The van der Waals surface area contributed by atoms with E-state index in [1.807, 2.05) is 13.8 Å². The summed E-state index contributed by atoms with van der Waals surface area (Å²) in [5, 5.41) is 27.4. The lowest BCUT2D eigenvalue weighted by Crippen LogP contribution is -2.39. The maximum atomic E-state index is 13.4. The number of H-pyrrole nitrogens is 4. The topological polar surface area (TPSA) is 294 Å². The van der Waals surface area contributed by atoms with Crippen molar-refractivity contribution in [3.63, 3.8) is 0 Å². The minimum absolute atomic E-state index is 0.0205. The summed E-state index contributed by atoms with van der Waals surface area (Å²) in [6, 6.07) is 23.0. The number of piperidine rings is 4. The summed E-state index contributed by atoms with van der Waals surface area (Å²) < 4.78 is 212. The average molecular weight is 1770 g/mol. The lowest BCUT2D eigenvalue weighted by Gasteiger charge is -2.33. The molecule has 39 heteroatoms. The summed E-state index contributed by atoms with van der Waals surface area (Å²) in [4.78, 5) is 74.9. The van der Waals surface area contributed by atoms with Gasteiger partial charge in [-0.15, -0.1) is 0 Å². The van der Waals surface area contributed by atoms with Crippen LogP contribution in [0.15, 0.2) is 97.1 Å². The lowest BCUT2D eigenvalue weighted by atomic mass is 9.86. The van der Waals surface area contributed by atoms with Gasteiger partial charge in [0.2, 0.25) is 26.0 Å². The highest BCUT2D eigenvalue weighted by Gasteiger charge is 2.45. The smallest absolute Gasteiger partial charge is 0.337 e. The average Bonchev–Trinajstić information content (AvgIpc) is 1.64. The fourth-order valence-corrected chi connectivity index (χ4v) is 19.8. The zero-order chi connectivity index (χ0) is 88.7. The Morgan fingerprint density at radius 1 is 0.366 bits per heavy atom. The number of amides is 5. The zero-order valence-corrected chi connectivity index (χ0v) is 70.5. The van der Waals surface area contributed by atoms with Crippen LogP contribution in [0.1, 0.15) is 255 Å². The molecule has 16 rings (SSSR count). The van der Waals surface area contributed by atoms with E-state index in [0.717, 1.165) is 53.3 Å². The molecule has 4 aromatic carbocycles. The second-order valence-corrected chi connectivity index (χ2v) is 37.8. The Morgan fingerprint density at radius 3 is 0.919 bits per heavy atom. The second-order valence-electron chi connectivity index (χ2n) is 33.1. The molecule has 0 saturated carbocycles. The van der Waals surface area contributed by atoms with Crippen LogP contribution in [0.5, 0.6) is 0 Å². The number of nitrogens with one attached hydrogen (secondary N) is 4. The number of aromatic nitrogens is 8. The first-order valence-corrected chi connectivity index (χ1v) is 44.2. The number of carbonyl (C=O) groups is 5. The Balaban J connectivity index is 0.000000141. The van der Waals surface area contributed by atoms with E-state index in [4.69, 9.17) is 0 Å². The molecule has 4 aromatic heterocycles. The van der Waals surface area contributed by atoms with Crippen LogP contribution < -0.4 is 0 Å². The van der Waals surface area contributed by atoms with E-state index in [1.165, 1.54) is 51.1 Å². The molecule has 4 fully saturated rings. The van der Waals surface area contributed by atoms with Crippen LogP contribution >= 0.6 is 0 Å². The number of nitrogens with zero attached hydrogens (tertiary/aromatic N) is 12. The van der Waals surface area contributed by atoms with Crippen LogP contribution in [-0.2, 0) is 102 Å². The summed E-state index contributed by atoms with van der Waals surface area (Å²) >= 11 is 0. The minimum Gasteiger partial charge on any atom is -0.337 e. The van der Waals surface area contributed by atoms with E-state index >= 15 is 0 Å². The van der Waals surface area contributed by atoms with Crippen molar-refractivity contribution < 1.29 is 93.5 Å². The summed E-state index contributed by atoms with van der Waals surface area (Å²) in [6.07, 6.45) is -14.0. The van der Waals surface area contributed by atoms with Crippen molar-refractivity contribution in [1.29, 1.82) is 0 Å². The molecule has 8 aliphatic rings. The van der Waals surface area contributed by atoms with Gasteiger partial charge < -0.3 is 24.5 Å². The number of alkyl halides is 12. The van der Waals surface area contributed by atoms with Crippen LogP contribution in [0.2, 0.25) is 0 Å². The van der Waals surface area contributed by atoms with Crippen molar-refractivity contribution in [2.75, 3.05) is 58.1 Å². The molecule has 0 spiro atoms. The van der Waals surface area contributed by atoms with Crippen LogP contribution in [0.4, 0.5) is 52.7 Å². The Kier molecular flexibility index (Phi) is 26.8. The van der Waals surface area contributed by atoms with Crippen LogP contribution in [-0.4, -0.2) is 195 Å². The third kappa shape index (κ3) is 19.6. The number of aromatic amines is 4. The summed E-state index contributed by atoms with van der Waals surface area (Å²) in [5.74, 6) is -2.16. The quantitative estimate of drug-likeness (QED) is 0.0736. The highest BCUT2D eigenvalue weighted by atomic mass is 32.2. The van der Waals surface area contributed by atoms with Crippen molar-refractivity contribution in [2.24, 2.45) is 5.92 Å². The van der Waals surface area contributed by atoms with Gasteiger partial charge in [-0.1, -0.05) is 86.6 Å². The Hall–Kier alpha value is -9.99. The van der Waals surface area contributed by atoms with Crippen molar-refractivity contribution in [2.45, 2.75) is 212 Å². The molecule has 5 amide bonds. The van der Waals surface area contributed by atoms with E-state index in [9.17, 15) is 93.5 Å². The molecule has 8 aromatic rings. The zero-order valence-electron chi connectivity index (χ0n) is 68.8. The van der Waals surface area contributed by atoms with Gasteiger partial charge in [-0.3, -0.25) is 49.3 Å². The van der Waals surface area contributed by atoms with Gasteiger partial charge in [-0.05, 0) is 156 Å². The van der Waals surface area contributed by atoms with Gasteiger partial charge in [0.15, 0.2) is 22.8 Å². The van der Waals surface area contributed by atoms with E-state index in [2.05, 4.69) is 59.5 Å². The van der Waals surface area contributed by atoms with Gasteiger partial charge in [0.05, 0.1) is 82.2 Å². The molecule has 0 radical (unpaired) electrons. The number of benzene rings is 4. The predicted molar refractivity (Wildman–Crippen MR) is 427 cm³/mol. The molecule has 0 bridgehead atoms. The van der Waals surface area contributed by atoms with Crippen LogP contribution in [0.25, 0.3) is 0 Å². The molecule has 8 aliphatic heterocycles. The van der Waals surface area contributed by atoms with Crippen molar-refractivity contribution in [3.8, 4) is 0 Å². The largest absolute Gasteiger partial charge is 0.416 e. The van der Waals surface area contributed by atoms with Crippen LogP contribution in [0.3, 0.4) is 0 Å². The number of fused-ring (bicyclic) bond motifs is 4. The predicted octanol–water partition coefficient (Wildman–Crippen LogP) is 14.7. The third-order valence-corrected chi connectivity index (χ3v) is 28.5. The lowest BCUT2D eigenvalue weighted by molar-refractivity contribution is -0.139. The molecule has 664 valence electrons. The molecule has 12 heterocycles. The maximum absolute atomic E-state index is 13.4. The fourth-order valence-electron chi connectivity index (χ4n) is 17.6. The number of carbonyl (C=O) groups excluding carboxylic acids is 5. The van der Waals surface area contributed by atoms with Gasteiger partial charge in [-0.2, -0.15) is 81.7 Å². The Labute approximate surface area is 703 Å². The highest BCUT2D eigenvalue weighted by Crippen LogP contribution is 2.45. The standard InChI is InChI=1S/C22H25F3N4O2.C21H25F3N4O3S.C21H25F3N4O.C20H23F3N4O3S/c1-13(2)20(30)29-11-16-18(12-29)26-27-19(16)21(31)28-9-7-14(8-10-28)15-5-3-4-6-17(15)22(23,24)25;1-13(2)32(30,31)28-11-16-18(12-28)25-26-19(16)20(29)27-9-7-14(8-10-27)15-5-3-4-6-17(15)21(22,23)24;1-13(2)28-11-16-18(12-28)25-26-19(16)20(29)27-9-7-14(8-10-27)15-5-3-4-6-17(15)21(22,23)24;1-2-31(29,30)27-11-15-17(12-27)24-25-18(15)19(28)26-9-7-13(8-10-26)14-5-3-4-6-16(14)20(21,22)23/h3-6,13-14H,7-12H2,1-2H3,(H,26,27);3-6,13-14H,7-12H2,1-2H3,(H,25,26);3-6,13-14H,7-12H2,1-2H3,(H,25,26);3-6,13H,2,7-12H2,1H3,(H,24,25). The van der Waals surface area contributed by atoms with Crippen molar-refractivity contribution in [3.05, 3.63) is 209 Å². The third-order valence-electron chi connectivity index (χ3n) is 24.6. The molecule has 123 heavy (non-hydrogen) atoms. The fraction of sp³-hybridized carbons (Fsp3) is 0.512. The Morgan fingerprint density at radius 2 is 0.634 bits per heavy atom. The molecule has 0 atom stereocenters. The SMILES string of the molecule is CC(C)C(=O)N1Cc2[nH]nc(C(=O)N3CCC(c4ccccc4C(F)(F)F)CC3)c2C1.CC(C)N1Cc2[nH]nc(C(=O)N3CCC(c4ccccc4C(F)(F)F)CC3)c2C1.CC(C)S(=O)(=O)N1Cc2[nH]nc(C(=O)N3CCC(c4ccccc4C(F)(F)F)CC3)c2C1.CCS(=O)(=O)N1Cc2[nH]nc(C(=O)N3CCC(c4ccccc4C(F)(F)F)CC3)c2C1. The van der Waals surface area contributed by atoms with Gasteiger partial charge in [0.25, 0.3) is 23.6 Å². The first kappa shape index (κ1) is 90.7. The van der Waals surface area contributed by atoms with Crippen molar-refractivity contribution in [1.82, 2.24) is 78.8 Å². The first-order chi connectivity index (χ1) is 58.0. The van der Waals surface area contributed by atoms with Gasteiger partial charge in [0.1, 0.15) is 0 Å². The highest BCUT2D eigenvalue weighted by molar-refractivity contribution is 7.89. The summed E-state index contributed by atoms with van der Waals surface area (Å²) in [7, 11) is -6.86. The first-order valence-electron chi connectivity index (χ1n) is 41.1. The number of hydrogen-bond acceptors (Lipinski definition) is 14. The number of sulfonamides is 2.